The summed E-state index contributed by atoms with van der Waals surface area (Å²) in [6.07, 6.45) is 1.42. The van der Waals surface area contributed by atoms with Crippen LogP contribution >= 0.6 is 11.6 Å². The number of carbonyl (C=O) groups excluding carboxylic acids is 1. The fourth-order valence-corrected chi connectivity index (χ4v) is 5.94. The number of benzene rings is 3. The fraction of sp³-hybridized carbons (Fsp3) is 0.259. The van der Waals surface area contributed by atoms with Gasteiger partial charge >= 0.3 is 0 Å². The smallest absolute Gasteiger partial charge is 0.255 e. The number of nitrogens with one attached hydrogen (secondary N) is 1. The topological polar surface area (TPSA) is 97.3 Å². The number of nitrogens with zero attached hydrogens (tertiary/aromatic N) is 2. The van der Waals surface area contributed by atoms with Gasteiger partial charge in [-0.15, -0.1) is 0 Å². The number of halogens is 1. The fourth-order valence-electron chi connectivity index (χ4n) is 4.02. The molecule has 196 valence electrons. The molecule has 10 heteroatoms. The predicted octanol–water partition coefficient (Wildman–Crippen LogP) is 4.62. The number of ether oxygens (including phenoxy) is 2. The molecular weight excluding hydrogens is 514 g/mol. The zero-order chi connectivity index (χ0) is 27.2. The van der Waals surface area contributed by atoms with E-state index in [2.05, 4.69) is 10.5 Å². The Morgan fingerprint density at radius 3 is 2.24 bits per heavy atom. The molecule has 0 aliphatic rings. The van der Waals surface area contributed by atoms with E-state index in [0.717, 1.165) is 9.87 Å². The Kier molecular flexibility index (Phi) is 9.31. The molecule has 8 nitrogen and oxygen atoms in total. The number of aryl methyl sites for hydroxylation is 3. The summed E-state index contributed by atoms with van der Waals surface area (Å²) in [5.74, 6) is 0.529. The summed E-state index contributed by atoms with van der Waals surface area (Å²) in [5.41, 5.74) is 5.90. The molecule has 0 aliphatic heterocycles. The van der Waals surface area contributed by atoms with Crippen LogP contribution in [0, 0.1) is 20.8 Å². The number of hydrazone groups is 1. The molecule has 0 aromatic heterocycles. The Bertz CT molecular complexity index is 1380. The van der Waals surface area contributed by atoms with Gasteiger partial charge in [0.1, 0.15) is 11.5 Å². The average Bonchev–Trinajstić information content (AvgIpc) is 2.84. The van der Waals surface area contributed by atoms with Crippen LogP contribution in [0.4, 0.5) is 0 Å². The number of amides is 1. The molecule has 0 radical (unpaired) electrons. The highest BCUT2D eigenvalue weighted by molar-refractivity contribution is 7.89. The summed E-state index contributed by atoms with van der Waals surface area (Å²) in [7, 11) is -0.963. The van der Waals surface area contributed by atoms with Crippen LogP contribution in [0.15, 0.2) is 64.6 Å². The maximum absolute atomic E-state index is 13.8. The summed E-state index contributed by atoms with van der Waals surface area (Å²) in [5, 5.41) is 4.53. The standard InChI is InChI=1S/C27H30ClN3O5S/c1-18-12-19(2)27(20(3)13-18)37(33,34)31(16-21-6-9-23(28)10-7-21)17-26(32)30-29-15-22-8-11-24(35-4)14-25(22)36-5/h6-15H,16-17H2,1-5H3,(H,30,32)/b29-15+. The van der Waals surface area contributed by atoms with Crippen molar-refractivity contribution in [3.8, 4) is 11.5 Å². The third kappa shape index (κ3) is 7.09. The van der Waals surface area contributed by atoms with Crippen molar-refractivity contribution in [1.82, 2.24) is 9.73 Å². The van der Waals surface area contributed by atoms with Crippen LogP contribution in [0.25, 0.3) is 0 Å². The first kappa shape index (κ1) is 28.2. The Morgan fingerprint density at radius 1 is 1.00 bits per heavy atom. The van der Waals surface area contributed by atoms with Crippen molar-refractivity contribution in [2.45, 2.75) is 32.2 Å². The van der Waals surface area contributed by atoms with E-state index in [1.54, 1.807) is 63.4 Å². The van der Waals surface area contributed by atoms with Crippen molar-refractivity contribution in [2.75, 3.05) is 20.8 Å². The molecule has 37 heavy (non-hydrogen) atoms. The molecule has 0 bridgehead atoms. The Labute approximate surface area is 222 Å². The molecule has 0 saturated heterocycles. The minimum Gasteiger partial charge on any atom is -0.497 e. The highest BCUT2D eigenvalue weighted by Gasteiger charge is 2.30. The van der Waals surface area contributed by atoms with Gasteiger partial charge in [0.2, 0.25) is 10.0 Å². The van der Waals surface area contributed by atoms with Gasteiger partial charge in [-0.2, -0.15) is 9.41 Å². The van der Waals surface area contributed by atoms with Crippen molar-refractivity contribution >= 4 is 33.7 Å². The average molecular weight is 544 g/mol. The van der Waals surface area contributed by atoms with E-state index >= 15 is 0 Å². The lowest BCUT2D eigenvalue weighted by atomic mass is 10.1. The van der Waals surface area contributed by atoms with E-state index in [-0.39, 0.29) is 11.4 Å². The van der Waals surface area contributed by atoms with Crippen molar-refractivity contribution < 1.29 is 22.7 Å². The van der Waals surface area contributed by atoms with Gasteiger partial charge < -0.3 is 9.47 Å². The van der Waals surface area contributed by atoms with Crippen LogP contribution in [0.3, 0.4) is 0 Å². The highest BCUT2D eigenvalue weighted by atomic mass is 35.5. The number of hydrogen-bond acceptors (Lipinski definition) is 6. The monoisotopic (exact) mass is 543 g/mol. The number of rotatable bonds is 10. The van der Waals surface area contributed by atoms with Crippen molar-refractivity contribution in [3.05, 3.63) is 87.4 Å². The molecule has 0 unspecified atom stereocenters. The normalized spacial score (nSPS) is 11.6. The first-order valence-corrected chi connectivity index (χ1v) is 13.2. The van der Waals surface area contributed by atoms with Gasteiger partial charge in [0, 0.05) is 23.2 Å². The first-order valence-electron chi connectivity index (χ1n) is 11.4. The van der Waals surface area contributed by atoms with Crippen LogP contribution in [-0.2, 0) is 21.4 Å². The van der Waals surface area contributed by atoms with Crippen LogP contribution in [0.5, 0.6) is 11.5 Å². The Hall–Kier alpha value is -3.40. The van der Waals surface area contributed by atoms with Crippen LogP contribution in [0.2, 0.25) is 5.02 Å². The molecule has 0 atom stereocenters. The first-order chi connectivity index (χ1) is 17.5. The van der Waals surface area contributed by atoms with E-state index in [4.69, 9.17) is 21.1 Å². The zero-order valence-corrected chi connectivity index (χ0v) is 23.0. The zero-order valence-electron chi connectivity index (χ0n) is 21.4. The van der Waals surface area contributed by atoms with Gasteiger partial charge in [-0.25, -0.2) is 13.8 Å². The minimum absolute atomic E-state index is 0.0182. The molecule has 0 saturated carbocycles. The number of methoxy groups -OCH3 is 2. The quantitative estimate of drug-likeness (QED) is 0.297. The van der Waals surface area contributed by atoms with Crippen LogP contribution in [0.1, 0.15) is 27.8 Å². The number of carbonyl (C=O) groups is 1. The van der Waals surface area contributed by atoms with Gasteiger partial charge in [0.25, 0.3) is 5.91 Å². The molecule has 0 fully saturated rings. The molecule has 0 heterocycles. The maximum Gasteiger partial charge on any atom is 0.255 e. The van der Waals surface area contributed by atoms with Crippen LogP contribution < -0.4 is 14.9 Å². The molecule has 1 N–H and O–H groups in total. The lowest BCUT2D eigenvalue weighted by molar-refractivity contribution is -0.121. The second-order valence-electron chi connectivity index (χ2n) is 8.53. The number of sulfonamides is 1. The lowest BCUT2D eigenvalue weighted by Gasteiger charge is -2.24. The van der Waals surface area contributed by atoms with E-state index in [1.165, 1.54) is 13.3 Å². The van der Waals surface area contributed by atoms with Gasteiger partial charge in [-0.05, 0) is 61.7 Å². The predicted molar refractivity (Wildman–Crippen MR) is 145 cm³/mol. The van der Waals surface area contributed by atoms with Gasteiger partial charge in [0.05, 0.1) is 31.9 Å². The Balaban J connectivity index is 1.86. The molecular formula is C27H30ClN3O5S. The molecule has 0 aliphatic carbocycles. The Morgan fingerprint density at radius 2 is 1.65 bits per heavy atom. The summed E-state index contributed by atoms with van der Waals surface area (Å²) in [6, 6.07) is 15.6. The molecule has 3 rings (SSSR count). The van der Waals surface area contributed by atoms with Crippen molar-refractivity contribution in [1.29, 1.82) is 0 Å². The SMILES string of the molecule is COc1ccc(/C=N/NC(=O)CN(Cc2ccc(Cl)cc2)S(=O)(=O)c2c(C)cc(C)cc2C)c(OC)c1. The summed E-state index contributed by atoms with van der Waals surface area (Å²) < 4.78 is 39.2. The molecule has 3 aromatic rings. The summed E-state index contributed by atoms with van der Waals surface area (Å²) in [4.78, 5) is 13.0. The number of hydrogen-bond donors (Lipinski definition) is 1. The van der Waals surface area contributed by atoms with E-state index in [9.17, 15) is 13.2 Å². The maximum atomic E-state index is 13.8. The van der Waals surface area contributed by atoms with Gasteiger partial charge in [-0.1, -0.05) is 41.4 Å². The third-order valence-corrected chi connectivity index (χ3v) is 7.98. The minimum atomic E-state index is -4.02. The second kappa shape index (κ2) is 12.2. The van der Waals surface area contributed by atoms with E-state index < -0.39 is 22.5 Å². The van der Waals surface area contributed by atoms with Crippen LogP contribution in [-0.4, -0.2) is 45.6 Å². The second-order valence-corrected chi connectivity index (χ2v) is 10.8. The molecule has 0 spiro atoms. The largest absolute Gasteiger partial charge is 0.497 e. The van der Waals surface area contributed by atoms with Gasteiger partial charge in [0.15, 0.2) is 0 Å². The molecule has 3 aromatic carbocycles. The van der Waals surface area contributed by atoms with E-state index in [0.29, 0.717) is 38.8 Å². The van der Waals surface area contributed by atoms with Gasteiger partial charge in [-0.3, -0.25) is 4.79 Å². The molecule has 1 amide bonds. The summed E-state index contributed by atoms with van der Waals surface area (Å²) in [6.45, 7) is 4.95. The van der Waals surface area contributed by atoms with Crippen molar-refractivity contribution in [3.63, 3.8) is 0 Å². The van der Waals surface area contributed by atoms with Crippen molar-refractivity contribution in [2.24, 2.45) is 5.10 Å². The highest BCUT2D eigenvalue weighted by Crippen LogP contribution is 2.27. The lowest BCUT2D eigenvalue weighted by Crippen LogP contribution is -2.39. The third-order valence-electron chi connectivity index (χ3n) is 5.63. The summed E-state index contributed by atoms with van der Waals surface area (Å²) >= 11 is 5.99. The van der Waals surface area contributed by atoms with E-state index in [1.807, 2.05) is 19.1 Å².